The molecule has 0 aromatic rings. The summed E-state index contributed by atoms with van der Waals surface area (Å²) in [6, 6.07) is 0. The van der Waals surface area contributed by atoms with Gasteiger partial charge in [-0.1, -0.05) is 13.3 Å². The first kappa shape index (κ1) is 9.47. The average Bonchev–Trinajstić information content (AvgIpc) is 1.89. The van der Waals surface area contributed by atoms with Gasteiger partial charge in [0.05, 0.1) is 0 Å². The molecule has 2 nitrogen and oxygen atoms in total. The Morgan fingerprint density at radius 2 is 2.20 bits per heavy atom. The zero-order chi connectivity index (χ0) is 7.98. The van der Waals surface area contributed by atoms with Gasteiger partial charge in [0.15, 0.2) is 0 Å². The van der Waals surface area contributed by atoms with Crippen LogP contribution in [0.2, 0.25) is 0 Å². The Bertz CT molecular complexity index is 101. The molecular formula is C8H16NO. The van der Waals surface area contributed by atoms with Crippen molar-refractivity contribution >= 4 is 5.91 Å². The Morgan fingerprint density at radius 3 is 2.50 bits per heavy atom. The van der Waals surface area contributed by atoms with Crippen molar-refractivity contribution in [2.75, 3.05) is 13.1 Å². The van der Waals surface area contributed by atoms with Crippen LogP contribution in [0.5, 0.6) is 0 Å². The number of rotatable bonds is 4. The lowest BCUT2D eigenvalue weighted by Crippen LogP contribution is -2.29. The number of carbonyl (C=O) groups is 1. The maximum atomic E-state index is 10.8. The smallest absolute Gasteiger partial charge is 0.219 e. The molecule has 0 aromatic carbocycles. The Morgan fingerprint density at radius 1 is 1.60 bits per heavy atom. The minimum absolute atomic E-state index is 0.128. The van der Waals surface area contributed by atoms with Gasteiger partial charge in [-0.25, -0.2) is 0 Å². The van der Waals surface area contributed by atoms with E-state index in [2.05, 4.69) is 13.8 Å². The minimum atomic E-state index is 0.128. The highest BCUT2D eigenvalue weighted by atomic mass is 16.2. The molecule has 0 bridgehead atoms. The molecule has 0 aliphatic heterocycles. The van der Waals surface area contributed by atoms with Crippen molar-refractivity contribution in [3.63, 3.8) is 0 Å². The summed E-state index contributed by atoms with van der Waals surface area (Å²) in [6.45, 7) is 8.81. The monoisotopic (exact) mass is 142 g/mol. The van der Waals surface area contributed by atoms with Gasteiger partial charge in [-0.2, -0.15) is 0 Å². The number of hydrogen-bond donors (Lipinski definition) is 0. The van der Waals surface area contributed by atoms with Crippen molar-refractivity contribution in [2.45, 2.75) is 26.7 Å². The molecule has 0 aliphatic carbocycles. The SMILES string of the molecule is [CH2]CN(CCCC)C(C)=O. The fraction of sp³-hybridized carbons (Fsp3) is 0.750. The molecular weight excluding hydrogens is 126 g/mol. The van der Waals surface area contributed by atoms with Gasteiger partial charge in [0.2, 0.25) is 5.91 Å². The second-order valence-electron chi connectivity index (χ2n) is 2.36. The average molecular weight is 142 g/mol. The lowest BCUT2D eigenvalue weighted by atomic mass is 10.3. The summed E-state index contributed by atoms with van der Waals surface area (Å²) in [7, 11) is 0. The van der Waals surface area contributed by atoms with Crippen LogP contribution < -0.4 is 0 Å². The fourth-order valence-corrected chi connectivity index (χ4v) is 0.776. The molecule has 0 fully saturated rings. The number of carbonyl (C=O) groups excluding carboxylic acids is 1. The maximum absolute atomic E-state index is 10.8. The summed E-state index contributed by atoms with van der Waals surface area (Å²) >= 11 is 0. The van der Waals surface area contributed by atoms with Crippen molar-refractivity contribution in [3.05, 3.63) is 6.92 Å². The highest BCUT2D eigenvalue weighted by Crippen LogP contribution is 1.93. The summed E-state index contributed by atoms with van der Waals surface area (Å²) < 4.78 is 0. The van der Waals surface area contributed by atoms with E-state index in [4.69, 9.17) is 0 Å². The molecule has 0 spiro atoms. The van der Waals surface area contributed by atoms with Crippen LogP contribution in [0.15, 0.2) is 0 Å². The van der Waals surface area contributed by atoms with E-state index in [-0.39, 0.29) is 5.91 Å². The van der Waals surface area contributed by atoms with Gasteiger partial charge in [-0.15, -0.1) is 0 Å². The summed E-state index contributed by atoms with van der Waals surface area (Å²) in [4.78, 5) is 12.5. The van der Waals surface area contributed by atoms with E-state index < -0.39 is 0 Å². The van der Waals surface area contributed by atoms with Crippen LogP contribution in [0.1, 0.15) is 26.7 Å². The highest BCUT2D eigenvalue weighted by Gasteiger charge is 2.02. The van der Waals surface area contributed by atoms with Gasteiger partial charge < -0.3 is 4.90 Å². The second-order valence-corrected chi connectivity index (χ2v) is 2.36. The second kappa shape index (κ2) is 5.27. The third kappa shape index (κ3) is 3.49. The van der Waals surface area contributed by atoms with Gasteiger partial charge in [-0.05, 0) is 13.3 Å². The third-order valence-electron chi connectivity index (χ3n) is 1.50. The number of amides is 1. The van der Waals surface area contributed by atoms with Crippen LogP contribution in [-0.2, 0) is 4.79 Å². The van der Waals surface area contributed by atoms with Crippen molar-refractivity contribution in [3.8, 4) is 0 Å². The first-order valence-corrected chi connectivity index (χ1v) is 3.77. The first-order valence-electron chi connectivity index (χ1n) is 3.77. The quantitative estimate of drug-likeness (QED) is 0.582. The zero-order valence-corrected chi connectivity index (χ0v) is 6.89. The standard InChI is InChI=1S/C8H16NO/c1-4-6-7-9(5-2)8(3)10/h2,4-7H2,1,3H3. The van der Waals surface area contributed by atoms with Crippen LogP contribution >= 0.6 is 0 Å². The van der Waals surface area contributed by atoms with Crippen LogP contribution in [-0.4, -0.2) is 23.9 Å². The van der Waals surface area contributed by atoms with E-state index in [1.807, 2.05) is 0 Å². The molecule has 0 rings (SSSR count). The molecule has 10 heavy (non-hydrogen) atoms. The number of hydrogen-bond acceptors (Lipinski definition) is 1. The van der Waals surface area contributed by atoms with E-state index in [1.165, 1.54) is 0 Å². The molecule has 2 heteroatoms. The molecule has 59 valence electrons. The van der Waals surface area contributed by atoms with Crippen molar-refractivity contribution in [1.82, 2.24) is 4.90 Å². The molecule has 0 saturated heterocycles. The Hall–Kier alpha value is -0.530. The molecule has 0 saturated carbocycles. The lowest BCUT2D eigenvalue weighted by Gasteiger charge is -2.17. The first-order chi connectivity index (χ1) is 4.72. The summed E-state index contributed by atoms with van der Waals surface area (Å²) in [5.74, 6) is 0.128. The number of unbranched alkanes of at least 4 members (excludes halogenated alkanes) is 1. The van der Waals surface area contributed by atoms with Gasteiger partial charge in [-0.3, -0.25) is 4.79 Å². The molecule has 1 radical (unpaired) electrons. The molecule has 0 N–H and O–H groups in total. The van der Waals surface area contributed by atoms with Gasteiger partial charge in [0.25, 0.3) is 0 Å². The van der Waals surface area contributed by atoms with Crippen LogP contribution in [0.25, 0.3) is 0 Å². The molecule has 0 unspecified atom stereocenters. The van der Waals surface area contributed by atoms with Gasteiger partial charge in [0.1, 0.15) is 0 Å². The van der Waals surface area contributed by atoms with Crippen LogP contribution in [0.3, 0.4) is 0 Å². The van der Waals surface area contributed by atoms with Crippen molar-refractivity contribution in [2.24, 2.45) is 0 Å². The topological polar surface area (TPSA) is 20.3 Å². The van der Waals surface area contributed by atoms with Crippen molar-refractivity contribution in [1.29, 1.82) is 0 Å². The number of nitrogens with zero attached hydrogens (tertiary/aromatic N) is 1. The lowest BCUT2D eigenvalue weighted by molar-refractivity contribution is -0.128. The molecule has 0 heterocycles. The molecule has 0 aliphatic rings. The van der Waals surface area contributed by atoms with Crippen LogP contribution in [0, 0.1) is 6.92 Å². The summed E-state index contributed by atoms with van der Waals surface area (Å²) in [5.41, 5.74) is 0. The van der Waals surface area contributed by atoms with E-state index in [9.17, 15) is 4.79 Å². The van der Waals surface area contributed by atoms with E-state index in [0.717, 1.165) is 19.4 Å². The van der Waals surface area contributed by atoms with Crippen molar-refractivity contribution < 1.29 is 4.79 Å². The molecule has 0 atom stereocenters. The molecule has 0 aromatic heterocycles. The van der Waals surface area contributed by atoms with E-state index >= 15 is 0 Å². The largest absolute Gasteiger partial charge is 0.343 e. The zero-order valence-electron chi connectivity index (χ0n) is 6.89. The van der Waals surface area contributed by atoms with Gasteiger partial charge in [0, 0.05) is 20.0 Å². The Labute approximate surface area is 63.2 Å². The Balaban J connectivity index is 3.50. The van der Waals surface area contributed by atoms with E-state index in [1.54, 1.807) is 11.8 Å². The molecule has 1 amide bonds. The summed E-state index contributed by atoms with van der Waals surface area (Å²) in [6.07, 6.45) is 2.21. The minimum Gasteiger partial charge on any atom is -0.343 e. The predicted octanol–water partition coefficient (Wildman–Crippen LogP) is 1.47. The van der Waals surface area contributed by atoms with E-state index in [0.29, 0.717) is 6.54 Å². The summed E-state index contributed by atoms with van der Waals surface area (Å²) in [5, 5.41) is 0. The Kier molecular flexibility index (Phi) is 4.99. The normalized spacial score (nSPS) is 9.50. The maximum Gasteiger partial charge on any atom is 0.219 e. The van der Waals surface area contributed by atoms with Crippen LogP contribution in [0.4, 0.5) is 0 Å². The fourth-order valence-electron chi connectivity index (χ4n) is 0.776. The van der Waals surface area contributed by atoms with Gasteiger partial charge >= 0.3 is 0 Å². The highest BCUT2D eigenvalue weighted by molar-refractivity contribution is 5.73. The third-order valence-corrected chi connectivity index (χ3v) is 1.50. The predicted molar refractivity (Wildman–Crippen MR) is 42.5 cm³/mol.